The van der Waals surface area contributed by atoms with Crippen molar-refractivity contribution in [1.29, 1.82) is 0 Å². The van der Waals surface area contributed by atoms with E-state index < -0.39 is 0 Å². The van der Waals surface area contributed by atoms with Gasteiger partial charge in [-0.15, -0.1) is 36.7 Å². The van der Waals surface area contributed by atoms with E-state index in [-0.39, 0.29) is 110 Å². The average molecular weight is 1660 g/mol. The van der Waals surface area contributed by atoms with Crippen molar-refractivity contribution in [1.82, 2.24) is 0 Å². The quantitative estimate of drug-likeness (QED) is 0.0625. The number of nitrogens with zero attached hydrogens (tertiary/aromatic N) is 3. The Hall–Kier alpha value is -2.99. The van der Waals surface area contributed by atoms with Crippen LogP contribution in [0.25, 0.3) is 16.0 Å². The molecule has 0 unspecified atom stereocenters. The van der Waals surface area contributed by atoms with Crippen LogP contribution in [0.5, 0.6) is 0 Å². The average Bonchev–Trinajstić information content (AvgIpc) is 4.38. The molecule has 5 aromatic carbocycles. The minimum Gasteiger partial charge on any atom is -0.0623 e. The summed E-state index contributed by atoms with van der Waals surface area (Å²) in [4.78, 5) is 0. The topological polar surface area (TPSA) is 251 Å². The maximum absolute atomic E-state index is 7.50. The van der Waals surface area contributed by atoms with Crippen LogP contribution in [0.15, 0.2) is 127 Å². The van der Waals surface area contributed by atoms with Crippen LogP contribution in [0.1, 0.15) is 110 Å². The molecule has 14 nitrogen and oxygen atoms in total. The van der Waals surface area contributed by atoms with Crippen molar-refractivity contribution in [2.24, 2.45) is 16.2 Å². The third-order valence-electron chi connectivity index (χ3n) is 7.66. The van der Waals surface area contributed by atoms with E-state index in [0.717, 1.165) is 49.9 Å². The molecule has 1 aliphatic heterocycles. The zero-order valence-corrected chi connectivity index (χ0v) is 65.8. The van der Waals surface area contributed by atoms with Gasteiger partial charge in [-0.3, -0.25) is 15.1 Å². The molecule has 0 amide bonds. The minimum absolute atomic E-state index is 0. The summed E-state index contributed by atoms with van der Waals surface area (Å²) in [7, 11) is 4.83. The van der Waals surface area contributed by atoms with E-state index in [2.05, 4.69) is 241 Å². The smallest absolute Gasteiger partial charge is 0.0623 e. The van der Waals surface area contributed by atoms with E-state index in [1.807, 2.05) is 86.6 Å². The van der Waals surface area contributed by atoms with Crippen molar-refractivity contribution in [3.8, 4) is 0 Å². The standard InChI is InChI=1S/3C13H20N.2C6H6.C4H10O.10CO.Na.Nb.P3.2W/c3*1-10-6-11(2)8-12(7-10)14-9-13(3,4)5;2*1-2-4-6-5-3-1;1-3-5-4-2;10*1-2;;;1-2-3-1;;/h3*6-8H,9H2,1-5H3;2*1-6H;3-4H2,1-2H3;;;;;;;;;;;;;;;/q3*-1;;;;;;;;;;;;;;+1;;-1;;. The van der Waals surface area contributed by atoms with Gasteiger partial charge in [-0.2, -0.15) is 0 Å². The number of rotatable bonds is 8. The number of hydrogen-bond donors (Lipinski definition) is 0. The van der Waals surface area contributed by atoms with E-state index in [4.69, 9.17) is 51.3 Å². The number of hydrogen-bond acceptors (Lipinski definition) is 1. The monoisotopic (exact) mass is 1660 g/mol. The molecule has 1 radical (unpaired) electrons. The normalized spacial score (nSPS) is 8.76. The van der Waals surface area contributed by atoms with Crippen LogP contribution in [-0.4, -0.2) is 32.8 Å². The summed E-state index contributed by atoms with van der Waals surface area (Å²) in [5, 5.41) is 13.8. The van der Waals surface area contributed by atoms with E-state index >= 15 is 0 Å². The van der Waals surface area contributed by atoms with Crippen molar-refractivity contribution < 1.29 is 145 Å². The molecular formula is C65H82N3NaNbO11P3W2-3. The Labute approximate surface area is 590 Å². The van der Waals surface area contributed by atoms with Gasteiger partial charge < -0.3 is 28.6 Å². The fraction of sp³-hybridized carbons (Fsp3) is 0.385. The van der Waals surface area contributed by atoms with E-state index in [1.54, 1.807) is 23.1 Å². The zero-order valence-electron chi connectivity index (χ0n) is 53.1. The number of ether oxygens (including phenoxy) is 1. The Kier molecular flexibility index (Phi) is 134. The number of benzene rings is 5. The Bertz CT molecular complexity index is 2010. The Morgan fingerprint density at radius 2 is 0.465 bits per heavy atom. The largest absolute Gasteiger partial charge is 1.00 e. The van der Waals surface area contributed by atoms with Crippen molar-refractivity contribution in [3.63, 3.8) is 0 Å². The zero-order chi connectivity index (χ0) is 67.0. The fourth-order valence-corrected chi connectivity index (χ4v) is 5.09. The molecule has 86 heavy (non-hydrogen) atoms. The van der Waals surface area contributed by atoms with Crippen LogP contribution in [0.3, 0.4) is 0 Å². The van der Waals surface area contributed by atoms with Crippen LogP contribution in [0, 0.1) is 124 Å². The second-order valence-corrected chi connectivity index (χ2v) is 26.0. The van der Waals surface area contributed by atoms with Crippen molar-refractivity contribution in [3.05, 3.63) is 243 Å². The summed E-state index contributed by atoms with van der Waals surface area (Å²) in [6.45, 7) is 85.9. The summed E-state index contributed by atoms with van der Waals surface area (Å²) < 4.78 is 79.8. The minimum atomic E-state index is 0. The summed E-state index contributed by atoms with van der Waals surface area (Å²) in [5.41, 5.74) is 11.9. The Balaban J connectivity index is -0.0000000512. The summed E-state index contributed by atoms with van der Waals surface area (Å²) in [6, 6.07) is 43.4. The Morgan fingerprint density at radius 3 is 0.547 bits per heavy atom. The van der Waals surface area contributed by atoms with Crippen molar-refractivity contribution in [2.45, 2.75) is 118 Å². The second kappa shape index (κ2) is 95.7. The third kappa shape index (κ3) is 119. The summed E-state index contributed by atoms with van der Waals surface area (Å²) >= 11 is 0. The van der Waals surface area contributed by atoms with Gasteiger partial charge in [0, 0.05) is 77.7 Å². The van der Waals surface area contributed by atoms with Gasteiger partial charge in [0.25, 0.3) is 0 Å². The first kappa shape index (κ1) is 121. The van der Waals surface area contributed by atoms with Crippen molar-refractivity contribution >= 4 is 40.1 Å². The van der Waals surface area contributed by atoms with Crippen LogP contribution in [0.2, 0.25) is 0 Å². The molecule has 0 fully saturated rings. The van der Waals surface area contributed by atoms with Crippen LogP contribution in [0.4, 0.5) is 17.1 Å². The summed E-state index contributed by atoms with van der Waals surface area (Å²) in [5.74, 6) is 0. The molecule has 0 saturated carbocycles. The maximum Gasteiger partial charge on any atom is 1.00 e. The summed E-state index contributed by atoms with van der Waals surface area (Å²) in [6.07, 6.45) is 0. The predicted molar refractivity (Wildman–Crippen MR) is 325 cm³/mol. The molecule has 1 heterocycles. The SMILES string of the molecule is CCOCC.Cc1cc(C)cc([N-]CC(C)(C)C)c1.Cc1cc(C)cc([N-]CC(C)(C)C)c1.Cc1cc(C)cc([N-]CC(C)(C)C)c1.P1=P[P-]1.[C-]#[O+].[C-]#[O+].[C-]#[O+].[C-]#[O+].[C-]#[O+].[C-]#[O+].[C-]#[O+].[C-]#[O+].[C-]#[O+].[C-]#[O+].[Na+].[Nb].[W].[W].c1ccccc1.c1ccccc1. The molecule has 0 aliphatic carbocycles. The van der Waals surface area contributed by atoms with Gasteiger partial charge in [0.1, 0.15) is 0 Å². The van der Waals surface area contributed by atoms with Gasteiger partial charge >= 0.3 is 143 Å². The predicted octanol–water partition coefficient (Wildman–Crippen LogP) is 16.7. The molecule has 0 N–H and O–H groups in total. The van der Waals surface area contributed by atoms with E-state index in [0.29, 0.717) is 0 Å². The Morgan fingerprint density at radius 1 is 0.337 bits per heavy atom. The van der Waals surface area contributed by atoms with Gasteiger partial charge in [-0.25, -0.2) is 0 Å². The van der Waals surface area contributed by atoms with Gasteiger partial charge in [0.05, 0.1) is 0 Å². The van der Waals surface area contributed by atoms with E-state index in [1.165, 1.54) is 33.4 Å². The van der Waals surface area contributed by atoms with E-state index in [9.17, 15) is 0 Å². The van der Waals surface area contributed by atoms with Gasteiger partial charge in [0.2, 0.25) is 0 Å². The first-order valence-corrected chi connectivity index (χ1v) is 28.8. The molecular weight excluding hydrogens is 1580 g/mol. The van der Waals surface area contributed by atoms with Crippen LogP contribution >= 0.6 is 23.1 Å². The van der Waals surface area contributed by atoms with Crippen molar-refractivity contribution in [2.75, 3.05) is 32.8 Å². The molecule has 5 aromatic rings. The first-order valence-electron chi connectivity index (χ1n) is 24.0. The molecule has 21 heteroatoms. The molecule has 6 rings (SSSR count). The van der Waals surface area contributed by atoms with Crippen LogP contribution < -0.4 is 29.6 Å². The van der Waals surface area contributed by atoms with Gasteiger partial charge in [-0.1, -0.05) is 239 Å². The van der Waals surface area contributed by atoms with Gasteiger partial charge in [-0.05, 0) is 55.4 Å². The number of aryl methyl sites for hydroxylation is 6. The molecule has 0 atom stereocenters. The molecule has 0 spiro atoms. The maximum atomic E-state index is 7.50. The first-order chi connectivity index (χ1) is 39.0. The molecule has 1 aliphatic rings. The molecule has 459 valence electrons. The second-order valence-electron chi connectivity index (χ2n) is 19.0. The molecule has 0 saturated heterocycles. The third-order valence-corrected chi connectivity index (χ3v) is 9.98. The fourth-order valence-electron chi connectivity index (χ4n) is 5.09. The molecule has 0 aromatic heterocycles. The van der Waals surface area contributed by atoms with Crippen LogP contribution in [-0.2, 0) is 116 Å². The van der Waals surface area contributed by atoms with Gasteiger partial charge in [0.15, 0.2) is 0 Å². The molecule has 0 bridgehead atoms.